The summed E-state index contributed by atoms with van der Waals surface area (Å²) in [7, 11) is -3.55. The molecule has 2 unspecified atom stereocenters. The van der Waals surface area contributed by atoms with E-state index in [0.717, 1.165) is 29.4 Å². The molecule has 204 valence electrons. The lowest BCUT2D eigenvalue weighted by Gasteiger charge is -2.30. The van der Waals surface area contributed by atoms with Crippen molar-refractivity contribution in [2.24, 2.45) is 0 Å². The van der Waals surface area contributed by atoms with Gasteiger partial charge in [-0.15, -0.1) is 0 Å². The van der Waals surface area contributed by atoms with Crippen LogP contribution >= 0.6 is 23.2 Å². The van der Waals surface area contributed by atoms with E-state index in [1.54, 1.807) is 31.2 Å². The molecule has 0 saturated carbocycles. The maximum atomic E-state index is 13.4. The fourth-order valence-corrected chi connectivity index (χ4v) is 5.05. The van der Waals surface area contributed by atoms with Gasteiger partial charge in [-0.1, -0.05) is 42.3 Å². The van der Waals surface area contributed by atoms with Crippen LogP contribution in [-0.2, 0) is 26.2 Å². The van der Waals surface area contributed by atoms with Gasteiger partial charge >= 0.3 is 0 Å². The van der Waals surface area contributed by atoms with Gasteiger partial charge in [0.05, 0.1) is 22.0 Å². The predicted molar refractivity (Wildman–Crippen MR) is 152 cm³/mol. The maximum absolute atomic E-state index is 13.4. The lowest BCUT2D eigenvalue weighted by molar-refractivity contribution is -0.140. The zero-order valence-corrected chi connectivity index (χ0v) is 24.7. The van der Waals surface area contributed by atoms with E-state index in [1.165, 1.54) is 9.21 Å². The number of nitrogens with one attached hydrogen (secondary N) is 1. The molecule has 0 radical (unpaired) electrons. The number of carbonyl (C=O) groups excluding carboxylic acids is 2. The second-order valence-electron chi connectivity index (χ2n) is 9.47. The predicted octanol–water partition coefficient (Wildman–Crippen LogP) is 5.49. The minimum absolute atomic E-state index is 0.0295. The first-order chi connectivity index (χ1) is 17.2. The molecule has 2 amide bonds. The van der Waals surface area contributed by atoms with Crippen LogP contribution in [0.5, 0.6) is 0 Å². The number of amides is 2. The summed E-state index contributed by atoms with van der Waals surface area (Å²) in [5.74, 6) is -0.512. The molecule has 0 bridgehead atoms. The van der Waals surface area contributed by atoms with Gasteiger partial charge in [-0.25, -0.2) is 8.42 Å². The number of rotatable bonds is 12. The van der Waals surface area contributed by atoms with Crippen LogP contribution in [0.15, 0.2) is 36.4 Å². The van der Waals surface area contributed by atoms with Crippen LogP contribution in [0, 0.1) is 13.8 Å². The van der Waals surface area contributed by atoms with Crippen molar-refractivity contribution in [3.8, 4) is 0 Å². The molecule has 0 saturated heterocycles. The van der Waals surface area contributed by atoms with Gasteiger partial charge in [-0.05, 0) is 81.5 Å². The molecule has 10 heteroatoms. The van der Waals surface area contributed by atoms with Crippen molar-refractivity contribution in [2.75, 3.05) is 17.1 Å². The topological polar surface area (TPSA) is 86.8 Å². The number of hydrogen-bond donors (Lipinski definition) is 1. The Morgan fingerprint density at radius 1 is 1.00 bits per heavy atom. The van der Waals surface area contributed by atoms with Gasteiger partial charge in [0.15, 0.2) is 0 Å². The number of sulfonamides is 1. The van der Waals surface area contributed by atoms with Gasteiger partial charge in [-0.2, -0.15) is 0 Å². The van der Waals surface area contributed by atoms with E-state index < -0.39 is 16.1 Å². The SMILES string of the molecule is CCC(C)NC(=O)C(C)N(Cc1ccc(Cl)c(Cl)c1)C(=O)CCCN(c1ccc(C)c(C)c1)S(C)(=O)=O. The van der Waals surface area contributed by atoms with Crippen molar-refractivity contribution in [3.63, 3.8) is 0 Å². The van der Waals surface area contributed by atoms with Gasteiger partial charge in [0.25, 0.3) is 0 Å². The third-order valence-corrected chi connectivity index (χ3v) is 8.37. The van der Waals surface area contributed by atoms with Crippen molar-refractivity contribution in [1.82, 2.24) is 10.2 Å². The summed E-state index contributed by atoms with van der Waals surface area (Å²) in [5.41, 5.74) is 3.34. The molecule has 0 spiro atoms. The first kappa shape index (κ1) is 30.9. The average molecular weight is 571 g/mol. The molecule has 1 N–H and O–H groups in total. The Morgan fingerprint density at radius 3 is 2.24 bits per heavy atom. The summed E-state index contributed by atoms with van der Waals surface area (Å²) < 4.78 is 26.4. The molecular weight excluding hydrogens is 533 g/mol. The fraction of sp³-hybridized carbons (Fsp3) is 0.481. The van der Waals surface area contributed by atoms with Crippen molar-refractivity contribution in [1.29, 1.82) is 0 Å². The highest BCUT2D eigenvalue weighted by molar-refractivity contribution is 7.92. The molecule has 2 rings (SSSR count). The van der Waals surface area contributed by atoms with Gasteiger partial charge in [0.2, 0.25) is 21.8 Å². The molecule has 0 aromatic heterocycles. The molecule has 2 aromatic carbocycles. The summed E-state index contributed by atoms with van der Waals surface area (Å²) in [6, 6.07) is 9.80. The zero-order chi connectivity index (χ0) is 27.9. The summed E-state index contributed by atoms with van der Waals surface area (Å²) >= 11 is 12.2. The third-order valence-electron chi connectivity index (χ3n) is 6.44. The Bertz CT molecular complexity index is 1220. The van der Waals surface area contributed by atoms with Gasteiger partial charge in [0, 0.05) is 25.6 Å². The highest BCUT2D eigenvalue weighted by Gasteiger charge is 2.27. The lowest BCUT2D eigenvalue weighted by atomic mass is 10.1. The Balaban J connectivity index is 2.22. The number of nitrogens with zero attached hydrogens (tertiary/aromatic N) is 2. The molecule has 0 heterocycles. The molecule has 0 aliphatic carbocycles. The minimum Gasteiger partial charge on any atom is -0.352 e. The van der Waals surface area contributed by atoms with Gasteiger partial charge in [-0.3, -0.25) is 13.9 Å². The molecule has 0 aliphatic heterocycles. The first-order valence-corrected chi connectivity index (χ1v) is 14.9. The normalized spacial score (nSPS) is 13.1. The molecule has 7 nitrogen and oxygen atoms in total. The lowest BCUT2D eigenvalue weighted by Crippen LogP contribution is -2.49. The van der Waals surface area contributed by atoms with E-state index in [9.17, 15) is 18.0 Å². The number of aryl methyl sites for hydroxylation is 2. The standard InChI is InChI=1S/C27H37Cl2N3O4S/c1-7-20(4)30-27(34)21(5)31(17-22-11-13-24(28)25(29)16-22)26(33)9-8-14-32(37(6,35)36)23-12-10-18(2)19(3)15-23/h10-13,15-16,20-21H,7-9,14,17H2,1-6H3,(H,30,34). The molecular formula is C27H37Cl2N3O4S. The first-order valence-electron chi connectivity index (χ1n) is 12.3. The van der Waals surface area contributed by atoms with Crippen molar-refractivity contribution in [2.45, 2.75) is 72.5 Å². The van der Waals surface area contributed by atoms with E-state index in [-0.39, 0.29) is 43.8 Å². The summed E-state index contributed by atoms with van der Waals surface area (Å²) in [6.07, 6.45) is 2.27. The van der Waals surface area contributed by atoms with E-state index in [2.05, 4.69) is 5.32 Å². The third kappa shape index (κ3) is 8.90. The van der Waals surface area contributed by atoms with Crippen LogP contribution in [0.2, 0.25) is 10.0 Å². The zero-order valence-electron chi connectivity index (χ0n) is 22.3. The Labute approximate surface area is 231 Å². The second kappa shape index (κ2) is 13.5. The van der Waals surface area contributed by atoms with Crippen LogP contribution < -0.4 is 9.62 Å². The summed E-state index contributed by atoms with van der Waals surface area (Å²) in [4.78, 5) is 27.8. The Kier molecular flexibility index (Phi) is 11.3. The minimum atomic E-state index is -3.55. The number of carbonyl (C=O) groups is 2. The number of anilines is 1. The highest BCUT2D eigenvalue weighted by Crippen LogP contribution is 2.25. The largest absolute Gasteiger partial charge is 0.352 e. The monoisotopic (exact) mass is 569 g/mol. The van der Waals surface area contributed by atoms with Crippen LogP contribution in [0.25, 0.3) is 0 Å². The van der Waals surface area contributed by atoms with Crippen molar-refractivity contribution < 1.29 is 18.0 Å². The summed E-state index contributed by atoms with van der Waals surface area (Å²) in [5, 5.41) is 3.69. The molecule has 2 atom stereocenters. The Morgan fingerprint density at radius 2 is 1.68 bits per heavy atom. The van der Waals surface area contributed by atoms with Crippen LogP contribution in [0.3, 0.4) is 0 Å². The molecule has 0 aliphatic rings. The van der Waals surface area contributed by atoms with Crippen LogP contribution in [0.1, 0.15) is 56.7 Å². The molecule has 37 heavy (non-hydrogen) atoms. The average Bonchev–Trinajstić information content (AvgIpc) is 2.82. The van der Waals surface area contributed by atoms with Crippen molar-refractivity contribution >= 4 is 50.7 Å². The fourth-order valence-electron chi connectivity index (χ4n) is 3.77. The van der Waals surface area contributed by atoms with E-state index in [4.69, 9.17) is 23.2 Å². The molecule has 2 aromatic rings. The van der Waals surface area contributed by atoms with Gasteiger partial charge in [0.1, 0.15) is 6.04 Å². The van der Waals surface area contributed by atoms with Crippen LogP contribution in [0.4, 0.5) is 5.69 Å². The van der Waals surface area contributed by atoms with Crippen molar-refractivity contribution in [3.05, 3.63) is 63.1 Å². The van der Waals surface area contributed by atoms with E-state index in [0.29, 0.717) is 15.7 Å². The summed E-state index contributed by atoms with van der Waals surface area (Å²) in [6.45, 7) is 9.75. The number of benzene rings is 2. The number of halogens is 2. The Hall–Kier alpha value is -2.29. The maximum Gasteiger partial charge on any atom is 0.242 e. The molecule has 0 fully saturated rings. The van der Waals surface area contributed by atoms with Crippen LogP contribution in [-0.4, -0.2) is 50.0 Å². The smallest absolute Gasteiger partial charge is 0.242 e. The van der Waals surface area contributed by atoms with E-state index >= 15 is 0 Å². The van der Waals surface area contributed by atoms with E-state index in [1.807, 2.05) is 39.8 Å². The van der Waals surface area contributed by atoms with Gasteiger partial charge < -0.3 is 10.2 Å². The highest BCUT2D eigenvalue weighted by atomic mass is 35.5. The second-order valence-corrected chi connectivity index (χ2v) is 12.2. The number of hydrogen-bond acceptors (Lipinski definition) is 4. The quantitative estimate of drug-likeness (QED) is 0.366.